The van der Waals surface area contributed by atoms with Crippen LogP contribution in [-0.4, -0.2) is 15.8 Å². The summed E-state index contributed by atoms with van der Waals surface area (Å²) in [5, 5.41) is 9.66. The Morgan fingerprint density at radius 1 is 1.12 bits per heavy atom. The van der Waals surface area contributed by atoms with Crippen molar-refractivity contribution >= 4 is 11.5 Å². The van der Waals surface area contributed by atoms with Crippen molar-refractivity contribution in [2.75, 3.05) is 0 Å². The molecule has 0 atom stereocenters. The van der Waals surface area contributed by atoms with E-state index in [0.29, 0.717) is 5.82 Å². The van der Waals surface area contributed by atoms with Gasteiger partial charge in [-0.25, -0.2) is 9.98 Å². The number of rotatable bonds is 2. The summed E-state index contributed by atoms with van der Waals surface area (Å²) in [5.41, 5.74) is 1.48. The Morgan fingerprint density at radius 2 is 1.88 bits per heavy atom. The van der Waals surface area contributed by atoms with Crippen LogP contribution < -0.4 is 0 Å². The molecular weight excluding hydrogens is 200 g/mol. The predicted molar refractivity (Wildman–Crippen MR) is 64.2 cm³/mol. The number of phenolic OH excluding ortho intramolecular Hbond substituents is 1. The normalized spacial score (nSPS) is 11.4. The van der Waals surface area contributed by atoms with Gasteiger partial charge in [0.1, 0.15) is 5.75 Å². The molecule has 0 saturated carbocycles. The Hall–Kier alpha value is -2.16. The number of pyridine rings is 1. The third-order valence-electron chi connectivity index (χ3n) is 2.23. The standard InChI is InChI=1S/C13H12N2O/c1-10(11-6-2-3-7-12(11)16)15-13-8-4-5-9-14-13/h2-9,16H,1H3/b15-10+. The number of hydrogen-bond acceptors (Lipinski definition) is 3. The summed E-state index contributed by atoms with van der Waals surface area (Å²) in [6.45, 7) is 1.85. The quantitative estimate of drug-likeness (QED) is 0.778. The topological polar surface area (TPSA) is 45.5 Å². The number of nitrogens with zero attached hydrogens (tertiary/aromatic N) is 2. The van der Waals surface area contributed by atoms with E-state index in [1.54, 1.807) is 18.3 Å². The van der Waals surface area contributed by atoms with Crippen molar-refractivity contribution in [3.05, 3.63) is 54.2 Å². The van der Waals surface area contributed by atoms with E-state index in [2.05, 4.69) is 9.98 Å². The maximum atomic E-state index is 9.66. The van der Waals surface area contributed by atoms with Gasteiger partial charge in [-0.15, -0.1) is 0 Å². The van der Waals surface area contributed by atoms with E-state index >= 15 is 0 Å². The molecule has 2 rings (SSSR count). The average molecular weight is 212 g/mol. The first-order valence-electron chi connectivity index (χ1n) is 5.02. The lowest BCUT2D eigenvalue weighted by Gasteiger charge is -2.02. The summed E-state index contributed by atoms with van der Waals surface area (Å²) in [6.07, 6.45) is 1.69. The number of benzene rings is 1. The largest absolute Gasteiger partial charge is 0.507 e. The lowest BCUT2D eigenvalue weighted by molar-refractivity contribution is 0.474. The van der Waals surface area contributed by atoms with E-state index in [1.807, 2.05) is 37.3 Å². The highest BCUT2D eigenvalue weighted by Crippen LogP contribution is 2.18. The van der Waals surface area contributed by atoms with Crippen LogP contribution in [0.4, 0.5) is 5.82 Å². The van der Waals surface area contributed by atoms with Crippen molar-refractivity contribution in [2.45, 2.75) is 6.92 Å². The fourth-order valence-corrected chi connectivity index (χ4v) is 1.43. The molecule has 2 aromatic rings. The fourth-order valence-electron chi connectivity index (χ4n) is 1.43. The molecule has 0 unspecified atom stereocenters. The van der Waals surface area contributed by atoms with Crippen LogP contribution in [0.15, 0.2) is 53.7 Å². The minimum Gasteiger partial charge on any atom is -0.507 e. The molecule has 0 spiro atoms. The first-order valence-corrected chi connectivity index (χ1v) is 5.02. The van der Waals surface area contributed by atoms with Gasteiger partial charge >= 0.3 is 0 Å². The zero-order valence-electron chi connectivity index (χ0n) is 8.96. The van der Waals surface area contributed by atoms with Crippen LogP contribution in [0, 0.1) is 0 Å². The third kappa shape index (κ3) is 2.25. The molecule has 0 amide bonds. The van der Waals surface area contributed by atoms with E-state index in [4.69, 9.17) is 0 Å². The fraction of sp³-hybridized carbons (Fsp3) is 0.0769. The average Bonchev–Trinajstić information content (AvgIpc) is 2.31. The molecule has 3 nitrogen and oxygen atoms in total. The first-order chi connectivity index (χ1) is 7.77. The molecule has 0 bridgehead atoms. The molecule has 1 heterocycles. The van der Waals surface area contributed by atoms with Gasteiger partial charge < -0.3 is 5.11 Å². The van der Waals surface area contributed by atoms with Crippen molar-refractivity contribution in [1.29, 1.82) is 0 Å². The second-order valence-electron chi connectivity index (χ2n) is 3.40. The summed E-state index contributed by atoms with van der Waals surface area (Å²) in [6, 6.07) is 12.7. The monoisotopic (exact) mass is 212 g/mol. The smallest absolute Gasteiger partial charge is 0.152 e. The second kappa shape index (κ2) is 4.57. The summed E-state index contributed by atoms with van der Waals surface area (Å²) < 4.78 is 0. The second-order valence-corrected chi connectivity index (χ2v) is 3.40. The van der Waals surface area contributed by atoms with Crippen LogP contribution in [0.5, 0.6) is 5.75 Å². The Kier molecular flexibility index (Phi) is 2.96. The van der Waals surface area contributed by atoms with Crippen molar-refractivity contribution in [3.8, 4) is 5.75 Å². The van der Waals surface area contributed by atoms with E-state index in [0.717, 1.165) is 11.3 Å². The molecule has 1 aromatic heterocycles. The zero-order chi connectivity index (χ0) is 11.4. The Bertz CT molecular complexity index is 506. The minimum absolute atomic E-state index is 0.236. The van der Waals surface area contributed by atoms with E-state index in [-0.39, 0.29) is 5.75 Å². The van der Waals surface area contributed by atoms with Gasteiger partial charge in [-0.2, -0.15) is 0 Å². The lowest BCUT2D eigenvalue weighted by atomic mass is 10.1. The number of aliphatic imine (C=N–C) groups is 1. The van der Waals surface area contributed by atoms with Crippen molar-refractivity contribution in [2.24, 2.45) is 4.99 Å². The van der Waals surface area contributed by atoms with E-state index in [1.165, 1.54) is 0 Å². The zero-order valence-corrected chi connectivity index (χ0v) is 8.96. The van der Waals surface area contributed by atoms with Crippen molar-refractivity contribution in [1.82, 2.24) is 4.98 Å². The highest BCUT2D eigenvalue weighted by Gasteiger charge is 2.03. The SMILES string of the molecule is C/C(=N\c1ccccn1)c1ccccc1O. The molecule has 3 heteroatoms. The highest BCUT2D eigenvalue weighted by atomic mass is 16.3. The van der Waals surface area contributed by atoms with Gasteiger partial charge in [-0.3, -0.25) is 0 Å². The van der Waals surface area contributed by atoms with Crippen LogP contribution in [-0.2, 0) is 0 Å². The Labute approximate surface area is 94.1 Å². The molecule has 0 aliphatic heterocycles. The number of para-hydroxylation sites is 1. The summed E-state index contributed by atoms with van der Waals surface area (Å²) >= 11 is 0. The number of hydrogen-bond donors (Lipinski definition) is 1. The number of aromatic hydroxyl groups is 1. The van der Waals surface area contributed by atoms with Gasteiger partial charge in [0.2, 0.25) is 0 Å². The molecular formula is C13H12N2O. The van der Waals surface area contributed by atoms with Crippen molar-refractivity contribution in [3.63, 3.8) is 0 Å². The summed E-state index contributed by atoms with van der Waals surface area (Å²) in [5.74, 6) is 0.878. The number of aromatic nitrogens is 1. The molecule has 80 valence electrons. The highest BCUT2D eigenvalue weighted by molar-refractivity contribution is 6.02. The van der Waals surface area contributed by atoms with Gasteiger partial charge in [0.25, 0.3) is 0 Å². The van der Waals surface area contributed by atoms with Gasteiger partial charge in [0.15, 0.2) is 5.82 Å². The van der Waals surface area contributed by atoms with Crippen LogP contribution in [0.3, 0.4) is 0 Å². The van der Waals surface area contributed by atoms with Gasteiger partial charge in [-0.1, -0.05) is 18.2 Å². The van der Waals surface area contributed by atoms with E-state index < -0.39 is 0 Å². The Morgan fingerprint density at radius 3 is 2.56 bits per heavy atom. The molecule has 1 N–H and O–H groups in total. The molecule has 0 aliphatic carbocycles. The van der Waals surface area contributed by atoms with Crippen LogP contribution in [0.25, 0.3) is 0 Å². The lowest BCUT2D eigenvalue weighted by Crippen LogP contribution is -1.94. The maximum Gasteiger partial charge on any atom is 0.152 e. The first kappa shape index (κ1) is 10.4. The summed E-state index contributed by atoms with van der Waals surface area (Å²) in [7, 11) is 0. The van der Waals surface area contributed by atoms with Crippen molar-refractivity contribution < 1.29 is 5.11 Å². The van der Waals surface area contributed by atoms with Crippen LogP contribution >= 0.6 is 0 Å². The van der Waals surface area contributed by atoms with Crippen LogP contribution in [0.2, 0.25) is 0 Å². The van der Waals surface area contributed by atoms with Gasteiger partial charge in [-0.05, 0) is 31.2 Å². The molecule has 1 aromatic carbocycles. The minimum atomic E-state index is 0.236. The van der Waals surface area contributed by atoms with E-state index in [9.17, 15) is 5.11 Å². The van der Waals surface area contributed by atoms with Crippen LogP contribution in [0.1, 0.15) is 12.5 Å². The number of phenols is 1. The van der Waals surface area contributed by atoms with Gasteiger partial charge in [0.05, 0.1) is 5.71 Å². The molecule has 0 fully saturated rings. The van der Waals surface area contributed by atoms with Gasteiger partial charge in [0, 0.05) is 11.8 Å². The predicted octanol–water partition coefficient (Wildman–Crippen LogP) is 2.93. The molecule has 0 saturated heterocycles. The molecule has 16 heavy (non-hydrogen) atoms. The maximum absolute atomic E-state index is 9.66. The summed E-state index contributed by atoms with van der Waals surface area (Å²) in [4.78, 5) is 8.44. The molecule has 0 aliphatic rings. The Balaban J connectivity index is 2.36. The third-order valence-corrected chi connectivity index (χ3v) is 2.23. The molecule has 0 radical (unpaired) electrons.